The number of nitrogens with one attached hydrogen (secondary N) is 1. The van der Waals surface area contributed by atoms with E-state index < -0.39 is 0 Å². The van der Waals surface area contributed by atoms with Crippen LogP contribution in [0.25, 0.3) is 22.0 Å². The number of para-hydroxylation sites is 1. The van der Waals surface area contributed by atoms with Crippen LogP contribution in [0.1, 0.15) is 5.56 Å². The van der Waals surface area contributed by atoms with Crippen molar-refractivity contribution in [2.75, 3.05) is 0 Å². The maximum atomic E-state index is 6.25. The van der Waals surface area contributed by atoms with E-state index in [9.17, 15) is 0 Å². The summed E-state index contributed by atoms with van der Waals surface area (Å²) in [4.78, 5) is 3.21. The molecule has 25 heavy (non-hydrogen) atoms. The maximum absolute atomic E-state index is 6.25. The van der Waals surface area contributed by atoms with Crippen molar-refractivity contribution in [2.45, 2.75) is 6.61 Å². The second kappa shape index (κ2) is 6.83. The Morgan fingerprint density at radius 2 is 1.76 bits per heavy atom. The van der Waals surface area contributed by atoms with Crippen LogP contribution in [0.15, 0.2) is 72.9 Å². The number of benzene rings is 3. The van der Waals surface area contributed by atoms with Crippen LogP contribution in [-0.2, 0) is 6.61 Å². The molecule has 0 fully saturated rings. The molecule has 1 N–H and O–H groups in total. The standard InChI is InChI=1S/C21H15Cl2NO/c22-18-6-3-4-16(21(18)23)13-25-20-7-2-1-5-17(20)14-8-9-19-15(12-14)10-11-24-19/h1-12,24H,13H2. The maximum Gasteiger partial charge on any atom is 0.127 e. The van der Waals surface area contributed by atoms with Gasteiger partial charge in [0.15, 0.2) is 0 Å². The number of halogens is 2. The fourth-order valence-electron chi connectivity index (χ4n) is 2.87. The molecule has 0 bridgehead atoms. The van der Waals surface area contributed by atoms with Gasteiger partial charge in [0.05, 0.1) is 10.0 Å². The molecule has 1 aromatic heterocycles. The molecule has 0 aliphatic heterocycles. The topological polar surface area (TPSA) is 25.0 Å². The van der Waals surface area contributed by atoms with Crippen LogP contribution in [0.3, 0.4) is 0 Å². The monoisotopic (exact) mass is 367 g/mol. The highest BCUT2D eigenvalue weighted by atomic mass is 35.5. The van der Waals surface area contributed by atoms with Crippen molar-refractivity contribution in [3.05, 3.63) is 88.5 Å². The number of hydrogen-bond donors (Lipinski definition) is 1. The quantitative estimate of drug-likeness (QED) is 0.425. The summed E-state index contributed by atoms with van der Waals surface area (Å²) in [6, 6.07) is 22.0. The van der Waals surface area contributed by atoms with Crippen molar-refractivity contribution >= 4 is 34.1 Å². The van der Waals surface area contributed by atoms with Gasteiger partial charge in [-0.1, -0.05) is 59.6 Å². The number of hydrogen-bond acceptors (Lipinski definition) is 1. The van der Waals surface area contributed by atoms with Gasteiger partial charge in [0.2, 0.25) is 0 Å². The number of fused-ring (bicyclic) bond motifs is 1. The zero-order valence-corrected chi connectivity index (χ0v) is 14.8. The Kier molecular flexibility index (Phi) is 4.39. The van der Waals surface area contributed by atoms with Gasteiger partial charge in [-0.3, -0.25) is 0 Å². The number of aromatic amines is 1. The first kappa shape index (κ1) is 16.1. The van der Waals surface area contributed by atoms with Crippen LogP contribution in [0.5, 0.6) is 5.75 Å². The summed E-state index contributed by atoms with van der Waals surface area (Å²) >= 11 is 12.3. The second-order valence-corrected chi connectivity index (χ2v) is 6.56. The van der Waals surface area contributed by atoms with Gasteiger partial charge in [0.25, 0.3) is 0 Å². The highest BCUT2D eigenvalue weighted by Gasteiger charge is 2.09. The minimum atomic E-state index is 0.364. The highest BCUT2D eigenvalue weighted by Crippen LogP contribution is 2.33. The zero-order chi connectivity index (χ0) is 17.2. The van der Waals surface area contributed by atoms with Crippen molar-refractivity contribution in [3.8, 4) is 16.9 Å². The first-order valence-electron chi connectivity index (χ1n) is 7.94. The highest BCUT2D eigenvalue weighted by molar-refractivity contribution is 6.42. The van der Waals surface area contributed by atoms with E-state index in [1.807, 2.05) is 36.5 Å². The summed E-state index contributed by atoms with van der Waals surface area (Å²) in [6.45, 7) is 0.364. The minimum Gasteiger partial charge on any atom is -0.488 e. The van der Waals surface area contributed by atoms with E-state index in [1.54, 1.807) is 6.07 Å². The largest absolute Gasteiger partial charge is 0.488 e. The molecule has 124 valence electrons. The van der Waals surface area contributed by atoms with Crippen molar-refractivity contribution in [2.24, 2.45) is 0 Å². The van der Waals surface area contributed by atoms with Gasteiger partial charge in [-0.25, -0.2) is 0 Å². The predicted molar refractivity (Wildman–Crippen MR) is 105 cm³/mol. The summed E-state index contributed by atoms with van der Waals surface area (Å²) in [5.74, 6) is 0.813. The Balaban J connectivity index is 1.66. The molecule has 0 spiro atoms. The van der Waals surface area contributed by atoms with Gasteiger partial charge in [-0.2, -0.15) is 0 Å². The summed E-state index contributed by atoms with van der Waals surface area (Å²) in [6.07, 6.45) is 1.94. The van der Waals surface area contributed by atoms with Crippen LogP contribution in [-0.4, -0.2) is 4.98 Å². The van der Waals surface area contributed by atoms with Crippen molar-refractivity contribution in [1.29, 1.82) is 0 Å². The summed E-state index contributed by atoms with van der Waals surface area (Å²) in [7, 11) is 0. The van der Waals surface area contributed by atoms with Gasteiger partial charge < -0.3 is 9.72 Å². The third kappa shape index (κ3) is 3.23. The van der Waals surface area contributed by atoms with E-state index in [0.717, 1.165) is 28.0 Å². The molecule has 0 radical (unpaired) electrons. The fraction of sp³-hybridized carbons (Fsp3) is 0.0476. The molecule has 0 aliphatic rings. The summed E-state index contributed by atoms with van der Waals surface area (Å²) < 4.78 is 6.06. The minimum absolute atomic E-state index is 0.364. The molecule has 0 atom stereocenters. The van der Waals surface area contributed by atoms with Crippen molar-refractivity contribution < 1.29 is 4.74 Å². The van der Waals surface area contributed by atoms with Crippen molar-refractivity contribution in [3.63, 3.8) is 0 Å². The molecule has 0 amide bonds. The molecular formula is C21H15Cl2NO. The number of rotatable bonds is 4. The van der Waals surface area contributed by atoms with Gasteiger partial charge in [0, 0.05) is 22.8 Å². The molecule has 1 heterocycles. The van der Waals surface area contributed by atoms with Gasteiger partial charge in [0.1, 0.15) is 12.4 Å². The number of H-pyrrole nitrogens is 1. The normalized spacial score (nSPS) is 11.0. The summed E-state index contributed by atoms with van der Waals surface area (Å²) in [5, 5.41) is 2.24. The lowest BCUT2D eigenvalue weighted by molar-refractivity contribution is 0.307. The molecule has 0 saturated carbocycles. The smallest absolute Gasteiger partial charge is 0.127 e. The lowest BCUT2D eigenvalue weighted by Crippen LogP contribution is -1.98. The molecule has 0 unspecified atom stereocenters. The molecule has 4 aromatic rings. The van der Waals surface area contributed by atoms with E-state index in [0.29, 0.717) is 16.7 Å². The number of aromatic nitrogens is 1. The lowest BCUT2D eigenvalue weighted by Gasteiger charge is -2.13. The van der Waals surface area contributed by atoms with Gasteiger partial charge >= 0.3 is 0 Å². The molecule has 2 nitrogen and oxygen atoms in total. The first-order valence-corrected chi connectivity index (χ1v) is 8.70. The Bertz CT molecular complexity index is 1040. The van der Waals surface area contributed by atoms with Gasteiger partial charge in [-0.05, 0) is 41.3 Å². The molecule has 4 heteroatoms. The predicted octanol–water partition coefficient (Wildman–Crippen LogP) is 6.72. The molecule has 0 saturated heterocycles. The van der Waals surface area contributed by atoms with E-state index in [-0.39, 0.29) is 0 Å². The van der Waals surface area contributed by atoms with E-state index in [4.69, 9.17) is 27.9 Å². The SMILES string of the molecule is Clc1cccc(COc2ccccc2-c2ccc3[nH]ccc3c2)c1Cl. The number of ether oxygens (including phenoxy) is 1. The van der Waals surface area contributed by atoms with Crippen molar-refractivity contribution in [1.82, 2.24) is 4.98 Å². The van der Waals surface area contributed by atoms with E-state index in [2.05, 4.69) is 35.3 Å². The van der Waals surface area contributed by atoms with Crippen LogP contribution in [0, 0.1) is 0 Å². The average molecular weight is 368 g/mol. The molecule has 4 rings (SSSR count). The molecule has 3 aromatic carbocycles. The third-order valence-electron chi connectivity index (χ3n) is 4.17. The lowest BCUT2D eigenvalue weighted by atomic mass is 10.0. The van der Waals surface area contributed by atoms with Crippen LogP contribution in [0.4, 0.5) is 0 Å². The van der Waals surface area contributed by atoms with Crippen LogP contribution in [0.2, 0.25) is 10.0 Å². The second-order valence-electron chi connectivity index (χ2n) is 5.78. The molecule has 0 aliphatic carbocycles. The summed E-state index contributed by atoms with van der Waals surface area (Å²) in [5.41, 5.74) is 4.14. The van der Waals surface area contributed by atoms with E-state index in [1.165, 1.54) is 5.39 Å². The first-order chi connectivity index (χ1) is 12.2. The van der Waals surface area contributed by atoms with Gasteiger partial charge in [-0.15, -0.1) is 0 Å². The van der Waals surface area contributed by atoms with E-state index >= 15 is 0 Å². The van der Waals surface area contributed by atoms with Crippen LogP contribution >= 0.6 is 23.2 Å². The Morgan fingerprint density at radius 3 is 2.68 bits per heavy atom. The third-order valence-corrected chi connectivity index (χ3v) is 5.02. The Hall–Kier alpha value is -2.42. The molecular weight excluding hydrogens is 353 g/mol. The Labute approximate surface area is 156 Å². The zero-order valence-electron chi connectivity index (χ0n) is 13.3. The Morgan fingerprint density at radius 1 is 0.880 bits per heavy atom. The fourth-order valence-corrected chi connectivity index (χ4v) is 3.24. The van der Waals surface area contributed by atoms with Crippen LogP contribution < -0.4 is 4.74 Å². The average Bonchev–Trinajstić information content (AvgIpc) is 3.11.